The molecule has 1 unspecified atom stereocenters. The van der Waals surface area contributed by atoms with Crippen LogP contribution in [0.25, 0.3) is 11.0 Å². The molecule has 1 atom stereocenters. The summed E-state index contributed by atoms with van der Waals surface area (Å²) in [7, 11) is 1.70. The van der Waals surface area contributed by atoms with Crippen LogP contribution in [0.15, 0.2) is 24.5 Å². The molecule has 1 aromatic carbocycles. The molecule has 0 aliphatic carbocycles. The molecule has 7 nitrogen and oxygen atoms in total. The average Bonchev–Trinajstić information content (AvgIpc) is 3.37. The lowest BCUT2D eigenvalue weighted by atomic mass is 10.1. The van der Waals surface area contributed by atoms with Crippen molar-refractivity contribution >= 4 is 16.9 Å². The van der Waals surface area contributed by atoms with Gasteiger partial charge in [0.25, 0.3) is 5.91 Å². The summed E-state index contributed by atoms with van der Waals surface area (Å²) in [5.74, 6) is 0.402. The topological polar surface area (TPSA) is 76.0 Å². The third-order valence-corrected chi connectivity index (χ3v) is 5.40. The number of nitrogens with zero attached hydrogens (tertiary/aromatic N) is 4. The molecule has 2 aromatic heterocycles. The van der Waals surface area contributed by atoms with Gasteiger partial charge < -0.3 is 14.2 Å². The Labute approximate surface area is 158 Å². The number of hydrogen-bond donors (Lipinski definition) is 1. The number of benzene rings is 1. The number of aromatic nitrogens is 4. The standard InChI is InChI=1S/C20H25N5O2/c1-13-6-17-19(7-14(13)2)25(12-21-17)10-16-8-18(23-22-16)20(26)24-5-4-15(9-24)11-27-3/h6-8,12,15H,4-5,9-11H2,1-3H3,(H,22,23). The Balaban J connectivity index is 1.49. The summed E-state index contributed by atoms with van der Waals surface area (Å²) < 4.78 is 7.28. The van der Waals surface area contributed by atoms with Crippen molar-refractivity contribution in [2.45, 2.75) is 26.8 Å². The molecule has 1 saturated heterocycles. The highest BCUT2D eigenvalue weighted by molar-refractivity contribution is 5.92. The number of likely N-dealkylation sites (tertiary alicyclic amines) is 1. The van der Waals surface area contributed by atoms with Crippen LogP contribution in [0.3, 0.4) is 0 Å². The fourth-order valence-electron chi connectivity index (χ4n) is 3.73. The summed E-state index contributed by atoms with van der Waals surface area (Å²) >= 11 is 0. The highest BCUT2D eigenvalue weighted by Gasteiger charge is 2.28. The molecule has 1 fully saturated rings. The Morgan fingerprint density at radius 1 is 1.30 bits per heavy atom. The van der Waals surface area contributed by atoms with Crippen LogP contribution < -0.4 is 0 Å². The van der Waals surface area contributed by atoms with Gasteiger partial charge in [0.05, 0.1) is 36.2 Å². The van der Waals surface area contributed by atoms with Gasteiger partial charge in [-0.2, -0.15) is 5.10 Å². The van der Waals surface area contributed by atoms with Gasteiger partial charge in [-0.3, -0.25) is 9.89 Å². The predicted octanol–water partition coefficient (Wildman–Crippen LogP) is 2.53. The molecule has 142 valence electrons. The highest BCUT2D eigenvalue weighted by atomic mass is 16.5. The quantitative estimate of drug-likeness (QED) is 0.752. The van der Waals surface area contributed by atoms with Crippen LogP contribution in [0.5, 0.6) is 0 Å². The number of carbonyl (C=O) groups excluding carboxylic acids is 1. The maximum Gasteiger partial charge on any atom is 0.274 e. The Bertz CT molecular complexity index is 974. The van der Waals surface area contributed by atoms with Gasteiger partial charge in [-0.1, -0.05) is 0 Å². The van der Waals surface area contributed by atoms with E-state index in [1.807, 2.05) is 17.3 Å². The second kappa shape index (κ2) is 7.15. The van der Waals surface area contributed by atoms with Crippen molar-refractivity contribution in [2.75, 3.05) is 26.8 Å². The van der Waals surface area contributed by atoms with E-state index in [2.05, 4.69) is 45.7 Å². The summed E-state index contributed by atoms with van der Waals surface area (Å²) in [6, 6.07) is 6.10. The molecule has 0 saturated carbocycles. The zero-order valence-electron chi connectivity index (χ0n) is 16.0. The third-order valence-electron chi connectivity index (χ3n) is 5.40. The van der Waals surface area contributed by atoms with Gasteiger partial charge in [0, 0.05) is 26.1 Å². The van der Waals surface area contributed by atoms with E-state index in [1.54, 1.807) is 7.11 Å². The fourth-order valence-corrected chi connectivity index (χ4v) is 3.73. The first kappa shape index (κ1) is 17.7. The molecule has 7 heteroatoms. The van der Waals surface area contributed by atoms with Crippen molar-refractivity contribution in [2.24, 2.45) is 5.92 Å². The molecule has 4 rings (SSSR count). The van der Waals surface area contributed by atoms with E-state index in [4.69, 9.17) is 4.74 Å². The SMILES string of the molecule is COCC1CCN(C(=O)c2cc(Cn3cnc4cc(C)c(C)cc43)[nH]n2)C1. The fraction of sp³-hybridized carbons (Fsp3) is 0.450. The average molecular weight is 367 g/mol. The van der Waals surface area contributed by atoms with Crippen LogP contribution in [0.1, 0.15) is 33.7 Å². The number of amides is 1. The molecule has 1 N–H and O–H groups in total. The minimum atomic E-state index is -0.0157. The van der Waals surface area contributed by atoms with Crippen LogP contribution in [-0.2, 0) is 11.3 Å². The Morgan fingerprint density at radius 3 is 2.93 bits per heavy atom. The van der Waals surface area contributed by atoms with Crippen molar-refractivity contribution < 1.29 is 9.53 Å². The molecule has 1 aliphatic rings. The van der Waals surface area contributed by atoms with E-state index in [-0.39, 0.29) is 5.91 Å². The predicted molar refractivity (Wildman–Crippen MR) is 103 cm³/mol. The summed E-state index contributed by atoms with van der Waals surface area (Å²) in [4.78, 5) is 19.0. The number of aromatic amines is 1. The Kier molecular flexibility index (Phi) is 4.70. The van der Waals surface area contributed by atoms with Gasteiger partial charge in [0.1, 0.15) is 5.69 Å². The van der Waals surface area contributed by atoms with E-state index in [0.29, 0.717) is 24.8 Å². The number of ether oxygens (including phenoxy) is 1. The van der Waals surface area contributed by atoms with Crippen molar-refractivity contribution in [1.29, 1.82) is 0 Å². The van der Waals surface area contributed by atoms with E-state index >= 15 is 0 Å². The lowest BCUT2D eigenvalue weighted by molar-refractivity contribution is 0.0769. The number of fused-ring (bicyclic) bond motifs is 1. The van der Waals surface area contributed by atoms with Crippen molar-refractivity contribution in [3.05, 3.63) is 47.0 Å². The lowest BCUT2D eigenvalue weighted by Crippen LogP contribution is -2.29. The molecule has 3 heterocycles. The molecule has 0 radical (unpaired) electrons. The first-order chi connectivity index (χ1) is 13.0. The van der Waals surface area contributed by atoms with Crippen LogP contribution in [0, 0.1) is 19.8 Å². The maximum absolute atomic E-state index is 12.7. The zero-order chi connectivity index (χ0) is 19.0. The third kappa shape index (κ3) is 3.47. The number of nitrogens with one attached hydrogen (secondary N) is 1. The number of hydrogen-bond acceptors (Lipinski definition) is 4. The Morgan fingerprint density at radius 2 is 2.11 bits per heavy atom. The molecule has 27 heavy (non-hydrogen) atoms. The monoisotopic (exact) mass is 367 g/mol. The first-order valence-corrected chi connectivity index (χ1v) is 9.29. The Hall–Kier alpha value is -2.67. The normalized spacial score (nSPS) is 17.1. The molecule has 3 aromatic rings. The summed E-state index contributed by atoms with van der Waals surface area (Å²) in [6.45, 7) is 7.00. The number of rotatable bonds is 5. The minimum Gasteiger partial charge on any atom is -0.384 e. The summed E-state index contributed by atoms with van der Waals surface area (Å²) in [5.41, 5.74) is 5.91. The van der Waals surface area contributed by atoms with Gasteiger partial charge in [0.2, 0.25) is 0 Å². The number of carbonyl (C=O) groups is 1. The van der Waals surface area contributed by atoms with E-state index in [1.165, 1.54) is 11.1 Å². The smallest absolute Gasteiger partial charge is 0.274 e. The van der Waals surface area contributed by atoms with E-state index in [0.717, 1.165) is 36.2 Å². The van der Waals surface area contributed by atoms with Crippen molar-refractivity contribution in [3.63, 3.8) is 0 Å². The number of imidazole rings is 1. The molecular weight excluding hydrogens is 342 g/mol. The van der Waals surface area contributed by atoms with Crippen LogP contribution in [-0.4, -0.2) is 57.4 Å². The summed E-state index contributed by atoms with van der Waals surface area (Å²) in [5, 5.41) is 7.25. The lowest BCUT2D eigenvalue weighted by Gasteiger charge is -2.14. The largest absolute Gasteiger partial charge is 0.384 e. The number of H-pyrrole nitrogens is 1. The van der Waals surface area contributed by atoms with Crippen LogP contribution in [0.2, 0.25) is 0 Å². The maximum atomic E-state index is 12.7. The van der Waals surface area contributed by atoms with Crippen molar-refractivity contribution in [3.8, 4) is 0 Å². The van der Waals surface area contributed by atoms with Gasteiger partial charge >= 0.3 is 0 Å². The molecule has 0 spiro atoms. The highest BCUT2D eigenvalue weighted by Crippen LogP contribution is 2.21. The molecule has 0 bridgehead atoms. The molecular formula is C20H25N5O2. The second-order valence-corrected chi connectivity index (χ2v) is 7.44. The minimum absolute atomic E-state index is 0.0157. The first-order valence-electron chi connectivity index (χ1n) is 9.29. The van der Waals surface area contributed by atoms with Gasteiger partial charge in [-0.05, 0) is 49.6 Å². The zero-order valence-corrected chi connectivity index (χ0v) is 16.0. The van der Waals surface area contributed by atoms with Crippen LogP contribution in [0.4, 0.5) is 0 Å². The van der Waals surface area contributed by atoms with Gasteiger partial charge in [0.15, 0.2) is 0 Å². The molecule has 1 aliphatic heterocycles. The summed E-state index contributed by atoms with van der Waals surface area (Å²) in [6.07, 6.45) is 2.82. The van der Waals surface area contributed by atoms with Gasteiger partial charge in [-0.15, -0.1) is 0 Å². The van der Waals surface area contributed by atoms with Crippen LogP contribution >= 0.6 is 0 Å². The van der Waals surface area contributed by atoms with E-state index < -0.39 is 0 Å². The van der Waals surface area contributed by atoms with Crippen molar-refractivity contribution in [1.82, 2.24) is 24.6 Å². The second-order valence-electron chi connectivity index (χ2n) is 7.44. The van der Waals surface area contributed by atoms with E-state index in [9.17, 15) is 4.79 Å². The number of aryl methyl sites for hydroxylation is 2. The number of methoxy groups -OCH3 is 1. The van der Waals surface area contributed by atoms with Gasteiger partial charge in [-0.25, -0.2) is 4.98 Å². The molecule has 1 amide bonds.